The van der Waals surface area contributed by atoms with Gasteiger partial charge < -0.3 is 0 Å². The number of nitrogens with one attached hydrogen (secondary N) is 1. The van der Waals surface area contributed by atoms with Gasteiger partial charge in [0.2, 0.25) is 20.0 Å². The molecule has 1 fully saturated rings. The van der Waals surface area contributed by atoms with Gasteiger partial charge in [0.15, 0.2) is 0 Å². The molecule has 0 amide bonds. The van der Waals surface area contributed by atoms with Gasteiger partial charge in [-0.25, -0.2) is 25.9 Å². The van der Waals surface area contributed by atoms with Gasteiger partial charge in [0, 0.05) is 19.1 Å². The molecule has 1 atom stereocenters. The molecule has 1 aliphatic rings. The molecular formula is C21H27FN2O4S2. The minimum atomic E-state index is -3.79. The fourth-order valence-electron chi connectivity index (χ4n) is 3.65. The predicted octanol–water partition coefficient (Wildman–Crippen LogP) is 3.35. The molecule has 0 spiro atoms. The minimum Gasteiger partial charge on any atom is -0.211 e. The van der Waals surface area contributed by atoms with E-state index in [-0.39, 0.29) is 27.9 Å². The molecule has 1 heterocycles. The number of rotatable bonds is 7. The van der Waals surface area contributed by atoms with Crippen LogP contribution < -0.4 is 4.72 Å². The molecule has 0 aliphatic carbocycles. The summed E-state index contributed by atoms with van der Waals surface area (Å²) in [6.07, 6.45) is 2.73. The van der Waals surface area contributed by atoms with Gasteiger partial charge in [-0.1, -0.05) is 24.1 Å². The molecule has 0 radical (unpaired) electrons. The second kappa shape index (κ2) is 9.13. The average Bonchev–Trinajstić information content (AvgIpc) is 2.70. The number of aryl methyl sites for hydroxylation is 2. The van der Waals surface area contributed by atoms with Gasteiger partial charge in [0.05, 0.1) is 9.79 Å². The second-order valence-corrected chi connectivity index (χ2v) is 11.3. The third-order valence-corrected chi connectivity index (χ3v) is 8.83. The number of benzene rings is 2. The van der Waals surface area contributed by atoms with Gasteiger partial charge in [-0.15, -0.1) is 0 Å². The summed E-state index contributed by atoms with van der Waals surface area (Å²) in [5.41, 5.74) is 1.23. The summed E-state index contributed by atoms with van der Waals surface area (Å²) in [5, 5.41) is 0. The zero-order valence-corrected chi connectivity index (χ0v) is 18.8. The van der Waals surface area contributed by atoms with Crippen LogP contribution in [0, 0.1) is 19.7 Å². The van der Waals surface area contributed by atoms with E-state index in [0.717, 1.165) is 24.5 Å². The molecule has 6 nitrogen and oxygen atoms in total. The van der Waals surface area contributed by atoms with Crippen molar-refractivity contribution in [3.63, 3.8) is 0 Å². The maximum Gasteiger partial charge on any atom is 0.243 e. The molecule has 3 rings (SSSR count). The van der Waals surface area contributed by atoms with Gasteiger partial charge in [-0.05, 0) is 69.0 Å². The van der Waals surface area contributed by atoms with Crippen molar-refractivity contribution in [3.05, 3.63) is 59.4 Å². The molecule has 1 unspecified atom stereocenters. The van der Waals surface area contributed by atoms with E-state index in [2.05, 4.69) is 4.72 Å². The Bertz CT molecular complexity index is 1100. The fourth-order valence-corrected chi connectivity index (χ4v) is 6.51. The zero-order valence-electron chi connectivity index (χ0n) is 17.1. The smallest absolute Gasteiger partial charge is 0.211 e. The maximum absolute atomic E-state index is 13.4. The standard InChI is InChI=1S/C21H27FN2O4S2/c1-16-6-8-19(9-7-16)30(27,28)24-14-4-3-5-18(24)12-13-23-29(25,26)20-10-11-21(22)17(2)15-20/h6-11,15,18,23H,3-5,12-14H2,1-2H3. The molecule has 0 aromatic heterocycles. The first kappa shape index (κ1) is 22.9. The van der Waals surface area contributed by atoms with Crippen molar-refractivity contribution in [3.8, 4) is 0 Å². The van der Waals surface area contributed by atoms with E-state index in [4.69, 9.17) is 0 Å². The van der Waals surface area contributed by atoms with Crippen molar-refractivity contribution >= 4 is 20.0 Å². The normalized spacial score (nSPS) is 18.4. The maximum atomic E-state index is 13.4. The molecular weight excluding hydrogens is 427 g/mol. The summed E-state index contributed by atoms with van der Waals surface area (Å²) >= 11 is 0. The largest absolute Gasteiger partial charge is 0.243 e. The Morgan fingerprint density at radius 2 is 1.67 bits per heavy atom. The molecule has 1 saturated heterocycles. The monoisotopic (exact) mass is 454 g/mol. The van der Waals surface area contributed by atoms with Gasteiger partial charge >= 0.3 is 0 Å². The highest BCUT2D eigenvalue weighted by molar-refractivity contribution is 7.89. The number of halogens is 1. The van der Waals surface area contributed by atoms with Crippen molar-refractivity contribution < 1.29 is 21.2 Å². The van der Waals surface area contributed by atoms with Crippen LogP contribution >= 0.6 is 0 Å². The number of nitrogens with zero attached hydrogens (tertiary/aromatic N) is 1. The lowest BCUT2D eigenvalue weighted by Crippen LogP contribution is -2.45. The quantitative estimate of drug-likeness (QED) is 0.695. The first-order chi connectivity index (χ1) is 14.1. The molecule has 2 aromatic carbocycles. The summed E-state index contributed by atoms with van der Waals surface area (Å²) in [6, 6.07) is 10.1. The van der Waals surface area contributed by atoms with E-state index >= 15 is 0 Å². The van der Waals surface area contributed by atoms with Crippen LogP contribution in [0.4, 0.5) is 4.39 Å². The lowest BCUT2D eigenvalue weighted by atomic mass is 10.0. The molecule has 30 heavy (non-hydrogen) atoms. The highest BCUT2D eigenvalue weighted by atomic mass is 32.2. The van der Waals surface area contributed by atoms with Crippen LogP contribution in [0.25, 0.3) is 0 Å². The molecule has 1 aliphatic heterocycles. The van der Waals surface area contributed by atoms with Crippen LogP contribution in [0.15, 0.2) is 52.3 Å². The van der Waals surface area contributed by atoms with Crippen LogP contribution in [-0.4, -0.2) is 40.3 Å². The Labute approximate surface area is 178 Å². The lowest BCUT2D eigenvalue weighted by molar-refractivity contribution is 0.242. The van der Waals surface area contributed by atoms with E-state index in [1.165, 1.54) is 23.4 Å². The third kappa shape index (κ3) is 5.08. The Hall–Kier alpha value is -1.81. The summed E-state index contributed by atoms with van der Waals surface area (Å²) in [6.45, 7) is 3.92. The number of hydrogen-bond donors (Lipinski definition) is 1. The van der Waals surface area contributed by atoms with E-state index < -0.39 is 25.9 Å². The number of hydrogen-bond acceptors (Lipinski definition) is 4. The van der Waals surface area contributed by atoms with Gasteiger partial charge in [0.1, 0.15) is 5.82 Å². The summed E-state index contributed by atoms with van der Waals surface area (Å²) in [4.78, 5) is 0.247. The molecule has 164 valence electrons. The average molecular weight is 455 g/mol. The lowest BCUT2D eigenvalue weighted by Gasteiger charge is -2.34. The van der Waals surface area contributed by atoms with Crippen LogP contribution in [0.3, 0.4) is 0 Å². The van der Waals surface area contributed by atoms with E-state index in [1.54, 1.807) is 24.3 Å². The topological polar surface area (TPSA) is 83.6 Å². The van der Waals surface area contributed by atoms with Crippen molar-refractivity contribution in [2.75, 3.05) is 13.1 Å². The van der Waals surface area contributed by atoms with Crippen molar-refractivity contribution in [2.45, 2.75) is 55.4 Å². The summed E-state index contributed by atoms with van der Waals surface area (Å²) in [7, 11) is -7.44. The third-order valence-electron chi connectivity index (χ3n) is 5.41. The summed E-state index contributed by atoms with van der Waals surface area (Å²) < 4.78 is 68.7. The molecule has 0 saturated carbocycles. The first-order valence-electron chi connectivity index (χ1n) is 9.95. The summed E-state index contributed by atoms with van der Waals surface area (Å²) in [5.74, 6) is -0.465. The van der Waals surface area contributed by atoms with Crippen molar-refractivity contribution in [1.82, 2.24) is 9.03 Å². The highest BCUT2D eigenvalue weighted by Crippen LogP contribution is 2.27. The van der Waals surface area contributed by atoms with Crippen molar-refractivity contribution in [2.24, 2.45) is 0 Å². The Morgan fingerprint density at radius 1 is 1.00 bits per heavy atom. The Balaban J connectivity index is 1.70. The van der Waals surface area contributed by atoms with Gasteiger partial charge in [-0.3, -0.25) is 0 Å². The predicted molar refractivity (Wildman–Crippen MR) is 114 cm³/mol. The fraction of sp³-hybridized carbons (Fsp3) is 0.429. The second-order valence-electron chi connectivity index (χ2n) is 7.68. The minimum absolute atomic E-state index is 0.00539. The van der Waals surface area contributed by atoms with E-state index in [9.17, 15) is 21.2 Å². The van der Waals surface area contributed by atoms with Crippen molar-refractivity contribution in [1.29, 1.82) is 0 Å². The molecule has 0 bridgehead atoms. The highest BCUT2D eigenvalue weighted by Gasteiger charge is 2.33. The van der Waals surface area contributed by atoms with E-state index in [1.807, 2.05) is 6.92 Å². The van der Waals surface area contributed by atoms with Gasteiger partial charge in [0.25, 0.3) is 0 Å². The van der Waals surface area contributed by atoms with E-state index in [0.29, 0.717) is 19.4 Å². The van der Waals surface area contributed by atoms with Crippen LogP contribution in [0.1, 0.15) is 36.8 Å². The van der Waals surface area contributed by atoms with Gasteiger partial charge in [-0.2, -0.15) is 4.31 Å². The number of piperidine rings is 1. The van der Waals surface area contributed by atoms with Crippen LogP contribution in [0.2, 0.25) is 0 Å². The molecule has 9 heteroatoms. The van der Waals surface area contributed by atoms with Crippen LogP contribution in [-0.2, 0) is 20.0 Å². The molecule has 1 N–H and O–H groups in total. The Kier molecular flexibility index (Phi) is 6.96. The number of sulfonamides is 2. The zero-order chi connectivity index (χ0) is 21.9. The SMILES string of the molecule is Cc1ccc(S(=O)(=O)N2CCCCC2CCNS(=O)(=O)c2ccc(F)c(C)c2)cc1. The Morgan fingerprint density at radius 3 is 2.33 bits per heavy atom. The molecule has 2 aromatic rings. The first-order valence-corrected chi connectivity index (χ1v) is 12.9. The van der Waals surface area contributed by atoms with Crippen LogP contribution in [0.5, 0.6) is 0 Å².